The molecule has 1 aromatic carbocycles. The van der Waals surface area contributed by atoms with Crippen LogP contribution < -0.4 is 5.32 Å². The van der Waals surface area contributed by atoms with Gasteiger partial charge in [0.15, 0.2) is 0 Å². The average molecular weight is 288 g/mol. The number of nitrogens with zero attached hydrogens (tertiary/aromatic N) is 1. The molecule has 0 fully saturated rings. The maximum atomic E-state index is 4.87. The molecular formula is C17H24N2S. The summed E-state index contributed by atoms with van der Waals surface area (Å²) in [6, 6.07) is 8.79. The minimum atomic E-state index is 0.476. The highest BCUT2D eigenvalue weighted by Gasteiger charge is 2.14. The molecule has 0 radical (unpaired) electrons. The molecule has 2 rings (SSSR count). The number of aryl methyl sites for hydroxylation is 1. The van der Waals surface area contributed by atoms with Crippen molar-refractivity contribution in [1.82, 2.24) is 10.3 Å². The number of hydrogen-bond acceptors (Lipinski definition) is 3. The van der Waals surface area contributed by atoms with Crippen molar-refractivity contribution in [3.05, 3.63) is 40.4 Å². The van der Waals surface area contributed by atoms with Crippen LogP contribution >= 0.6 is 11.3 Å². The number of aromatic nitrogens is 1. The van der Waals surface area contributed by atoms with Gasteiger partial charge in [-0.05, 0) is 24.4 Å². The Kier molecular flexibility index (Phi) is 5.32. The van der Waals surface area contributed by atoms with E-state index in [1.54, 1.807) is 0 Å². The van der Waals surface area contributed by atoms with Gasteiger partial charge < -0.3 is 5.32 Å². The van der Waals surface area contributed by atoms with Crippen molar-refractivity contribution in [3.63, 3.8) is 0 Å². The predicted molar refractivity (Wildman–Crippen MR) is 88.4 cm³/mol. The summed E-state index contributed by atoms with van der Waals surface area (Å²) in [6.45, 7) is 10.7. The normalized spacial score (nSPS) is 11.2. The lowest BCUT2D eigenvalue weighted by Gasteiger charge is -2.04. The van der Waals surface area contributed by atoms with Crippen LogP contribution in [0, 0.1) is 0 Å². The Morgan fingerprint density at radius 2 is 1.85 bits per heavy atom. The number of nitrogens with one attached hydrogen (secondary N) is 1. The summed E-state index contributed by atoms with van der Waals surface area (Å²) in [6.07, 6.45) is 1.08. The second kappa shape index (κ2) is 7.00. The van der Waals surface area contributed by atoms with Crippen molar-refractivity contribution < 1.29 is 0 Å². The third-order valence-electron chi connectivity index (χ3n) is 3.42. The van der Waals surface area contributed by atoms with Gasteiger partial charge in [-0.25, -0.2) is 4.98 Å². The molecule has 0 aliphatic carbocycles. The molecule has 0 aliphatic rings. The third kappa shape index (κ3) is 3.47. The summed E-state index contributed by atoms with van der Waals surface area (Å²) in [7, 11) is 0. The van der Waals surface area contributed by atoms with E-state index in [2.05, 4.69) is 57.3 Å². The Balaban J connectivity index is 2.31. The van der Waals surface area contributed by atoms with Gasteiger partial charge in [-0.1, -0.05) is 52.0 Å². The quantitative estimate of drug-likeness (QED) is 0.840. The summed E-state index contributed by atoms with van der Waals surface area (Å²) in [5.74, 6) is 0.476. The molecule has 0 saturated carbocycles. The first-order chi connectivity index (χ1) is 9.65. The molecular weight excluding hydrogens is 264 g/mol. The topological polar surface area (TPSA) is 24.9 Å². The van der Waals surface area contributed by atoms with Crippen LogP contribution in [0.2, 0.25) is 0 Å². The van der Waals surface area contributed by atoms with Crippen LogP contribution in [0.15, 0.2) is 24.3 Å². The fourth-order valence-corrected chi connectivity index (χ4v) is 3.38. The van der Waals surface area contributed by atoms with Crippen LogP contribution in [0.1, 0.15) is 49.7 Å². The molecule has 108 valence electrons. The smallest absolute Gasteiger partial charge is 0.123 e. The highest BCUT2D eigenvalue weighted by atomic mass is 32.1. The highest BCUT2D eigenvalue weighted by molar-refractivity contribution is 7.15. The maximum absolute atomic E-state index is 4.87. The van der Waals surface area contributed by atoms with E-state index in [1.165, 1.54) is 21.7 Å². The zero-order chi connectivity index (χ0) is 14.5. The van der Waals surface area contributed by atoms with E-state index in [9.17, 15) is 0 Å². The number of thiazole rings is 1. The molecule has 2 nitrogen and oxygen atoms in total. The van der Waals surface area contributed by atoms with Gasteiger partial charge in [-0.2, -0.15) is 0 Å². The molecule has 1 heterocycles. The minimum Gasteiger partial charge on any atom is -0.312 e. The van der Waals surface area contributed by atoms with Crippen LogP contribution in [-0.4, -0.2) is 11.5 Å². The monoisotopic (exact) mass is 288 g/mol. The van der Waals surface area contributed by atoms with Crippen molar-refractivity contribution >= 4 is 11.3 Å². The molecule has 2 aromatic rings. The van der Waals surface area contributed by atoms with E-state index >= 15 is 0 Å². The first-order valence-electron chi connectivity index (χ1n) is 7.45. The molecule has 0 amide bonds. The Bertz CT molecular complexity index is 541. The summed E-state index contributed by atoms with van der Waals surface area (Å²) < 4.78 is 0. The zero-order valence-corrected chi connectivity index (χ0v) is 13.7. The van der Waals surface area contributed by atoms with E-state index in [0.29, 0.717) is 5.92 Å². The molecule has 20 heavy (non-hydrogen) atoms. The van der Waals surface area contributed by atoms with Crippen molar-refractivity contribution in [3.8, 4) is 10.6 Å². The largest absolute Gasteiger partial charge is 0.312 e. The Hall–Kier alpha value is -1.19. The molecule has 0 unspecified atom stereocenters. The zero-order valence-electron chi connectivity index (χ0n) is 12.9. The lowest BCUT2D eigenvalue weighted by molar-refractivity contribution is 0.714. The Morgan fingerprint density at radius 3 is 2.40 bits per heavy atom. The molecule has 1 N–H and O–H groups in total. The van der Waals surface area contributed by atoms with Crippen LogP contribution in [-0.2, 0) is 13.0 Å². The van der Waals surface area contributed by atoms with Gasteiger partial charge >= 0.3 is 0 Å². The number of hydrogen-bond donors (Lipinski definition) is 1. The lowest BCUT2D eigenvalue weighted by Crippen LogP contribution is -2.12. The van der Waals surface area contributed by atoms with Crippen molar-refractivity contribution in [1.29, 1.82) is 0 Å². The van der Waals surface area contributed by atoms with Crippen molar-refractivity contribution in [2.45, 2.75) is 46.6 Å². The Labute approximate surface area is 126 Å². The van der Waals surface area contributed by atoms with E-state index in [0.717, 1.165) is 24.5 Å². The first kappa shape index (κ1) is 15.2. The molecule has 0 spiro atoms. The van der Waals surface area contributed by atoms with E-state index in [1.807, 2.05) is 11.3 Å². The van der Waals surface area contributed by atoms with Gasteiger partial charge in [0.05, 0.1) is 5.69 Å². The summed E-state index contributed by atoms with van der Waals surface area (Å²) in [4.78, 5) is 6.24. The predicted octanol–water partition coefficient (Wildman–Crippen LogP) is 4.61. The number of rotatable bonds is 6. The average Bonchev–Trinajstić information content (AvgIpc) is 2.89. The van der Waals surface area contributed by atoms with Crippen LogP contribution in [0.25, 0.3) is 10.6 Å². The molecule has 0 atom stereocenters. The van der Waals surface area contributed by atoms with E-state index in [-0.39, 0.29) is 0 Å². The summed E-state index contributed by atoms with van der Waals surface area (Å²) in [5.41, 5.74) is 3.85. The summed E-state index contributed by atoms with van der Waals surface area (Å²) in [5, 5.41) is 4.56. The summed E-state index contributed by atoms with van der Waals surface area (Å²) >= 11 is 1.82. The Morgan fingerprint density at radius 1 is 1.15 bits per heavy atom. The van der Waals surface area contributed by atoms with Crippen LogP contribution in [0.3, 0.4) is 0 Å². The molecule has 3 heteroatoms. The fraction of sp³-hybridized carbons (Fsp3) is 0.471. The lowest BCUT2D eigenvalue weighted by atomic mass is 10.1. The molecule has 0 aliphatic heterocycles. The van der Waals surface area contributed by atoms with Gasteiger partial charge in [0.2, 0.25) is 0 Å². The molecule has 0 saturated heterocycles. The second-order valence-corrected chi connectivity index (χ2v) is 6.40. The fourth-order valence-electron chi connectivity index (χ4n) is 2.19. The third-order valence-corrected chi connectivity index (χ3v) is 4.54. The standard InChI is InChI=1S/C17H24N2S/c1-5-13-7-9-14(10-8-13)17-19-16(12(3)4)15(20-17)11-18-6-2/h7-10,12,18H,5-6,11H2,1-4H3. The van der Waals surface area contributed by atoms with Crippen molar-refractivity contribution in [2.24, 2.45) is 0 Å². The highest BCUT2D eigenvalue weighted by Crippen LogP contribution is 2.31. The van der Waals surface area contributed by atoms with E-state index in [4.69, 9.17) is 4.98 Å². The van der Waals surface area contributed by atoms with Crippen molar-refractivity contribution in [2.75, 3.05) is 6.54 Å². The first-order valence-corrected chi connectivity index (χ1v) is 8.27. The van der Waals surface area contributed by atoms with E-state index < -0.39 is 0 Å². The minimum absolute atomic E-state index is 0.476. The maximum Gasteiger partial charge on any atom is 0.123 e. The van der Waals surface area contributed by atoms with Gasteiger partial charge in [-0.15, -0.1) is 11.3 Å². The van der Waals surface area contributed by atoms with Gasteiger partial charge in [-0.3, -0.25) is 0 Å². The van der Waals surface area contributed by atoms with Crippen LogP contribution in [0.5, 0.6) is 0 Å². The molecule has 1 aromatic heterocycles. The van der Waals surface area contributed by atoms with Gasteiger partial charge in [0.25, 0.3) is 0 Å². The SMILES string of the molecule is CCNCc1sc(-c2ccc(CC)cc2)nc1C(C)C. The van der Waals surface area contributed by atoms with Crippen LogP contribution in [0.4, 0.5) is 0 Å². The van der Waals surface area contributed by atoms with Gasteiger partial charge in [0, 0.05) is 17.0 Å². The second-order valence-electron chi connectivity index (χ2n) is 5.31. The molecule has 0 bridgehead atoms. The van der Waals surface area contributed by atoms with Gasteiger partial charge in [0.1, 0.15) is 5.01 Å². The number of benzene rings is 1.